The van der Waals surface area contributed by atoms with Crippen molar-refractivity contribution in [1.82, 2.24) is 14.6 Å². The summed E-state index contributed by atoms with van der Waals surface area (Å²) in [7, 11) is 0. The van der Waals surface area contributed by atoms with Crippen LogP contribution in [0.25, 0.3) is 16.2 Å². The van der Waals surface area contributed by atoms with Gasteiger partial charge in [0.1, 0.15) is 5.01 Å². The summed E-state index contributed by atoms with van der Waals surface area (Å²) in [6.07, 6.45) is 1.88. The first-order valence-electron chi connectivity index (χ1n) is 5.09. The van der Waals surface area contributed by atoms with Crippen molar-refractivity contribution < 1.29 is 0 Å². The highest BCUT2D eigenvalue weighted by atomic mass is 32.1. The lowest BCUT2D eigenvalue weighted by Gasteiger charge is -1.95. The van der Waals surface area contributed by atoms with Crippen LogP contribution in [0.3, 0.4) is 0 Å². The summed E-state index contributed by atoms with van der Waals surface area (Å²) >= 11 is 1.55. The standard InChI is InChI=1S/C12H8N4S/c1-8-15-16-7-11(14-12(16)17-8)10-4-2-3-9(5-10)6-13/h2-5,7H,1H3. The maximum absolute atomic E-state index is 8.86. The van der Waals surface area contributed by atoms with Gasteiger partial charge in [0.15, 0.2) is 0 Å². The van der Waals surface area contributed by atoms with Gasteiger partial charge in [-0.05, 0) is 19.1 Å². The Morgan fingerprint density at radius 2 is 2.29 bits per heavy atom. The molecule has 2 heterocycles. The van der Waals surface area contributed by atoms with Gasteiger partial charge in [-0.15, -0.1) is 0 Å². The fraction of sp³-hybridized carbons (Fsp3) is 0.0833. The number of nitriles is 1. The van der Waals surface area contributed by atoms with Gasteiger partial charge in [0.05, 0.1) is 23.5 Å². The number of benzene rings is 1. The number of fused-ring (bicyclic) bond motifs is 1. The van der Waals surface area contributed by atoms with Gasteiger partial charge < -0.3 is 0 Å². The van der Waals surface area contributed by atoms with E-state index in [-0.39, 0.29) is 0 Å². The topological polar surface area (TPSA) is 54.0 Å². The minimum Gasteiger partial charge on any atom is -0.217 e. The second-order valence-corrected chi connectivity index (χ2v) is 4.83. The summed E-state index contributed by atoms with van der Waals surface area (Å²) < 4.78 is 1.77. The monoisotopic (exact) mass is 240 g/mol. The molecule has 0 radical (unpaired) electrons. The van der Waals surface area contributed by atoms with E-state index in [0.717, 1.165) is 21.2 Å². The van der Waals surface area contributed by atoms with Gasteiger partial charge >= 0.3 is 0 Å². The van der Waals surface area contributed by atoms with Gasteiger partial charge in [-0.25, -0.2) is 9.50 Å². The van der Waals surface area contributed by atoms with Gasteiger partial charge in [0, 0.05) is 5.56 Å². The molecule has 4 nitrogen and oxygen atoms in total. The average Bonchev–Trinajstić information content (AvgIpc) is 2.86. The van der Waals surface area contributed by atoms with Gasteiger partial charge in [-0.3, -0.25) is 0 Å². The quantitative estimate of drug-likeness (QED) is 0.657. The van der Waals surface area contributed by atoms with E-state index in [1.165, 1.54) is 0 Å². The minimum absolute atomic E-state index is 0.642. The van der Waals surface area contributed by atoms with Crippen molar-refractivity contribution in [2.45, 2.75) is 6.92 Å². The van der Waals surface area contributed by atoms with Crippen molar-refractivity contribution in [2.24, 2.45) is 0 Å². The molecule has 1 aromatic carbocycles. The largest absolute Gasteiger partial charge is 0.217 e. The minimum atomic E-state index is 0.642. The van der Waals surface area contributed by atoms with Gasteiger partial charge in [0.25, 0.3) is 0 Å². The van der Waals surface area contributed by atoms with Crippen LogP contribution in [0, 0.1) is 18.3 Å². The van der Waals surface area contributed by atoms with Gasteiger partial charge in [0.2, 0.25) is 4.96 Å². The zero-order valence-corrected chi connectivity index (χ0v) is 9.90. The lowest BCUT2D eigenvalue weighted by atomic mass is 10.1. The highest BCUT2D eigenvalue weighted by molar-refractivity contribution is 7.16. The van der Waals surface area contributed by atoms with E-state index in [9.17, 15) is 0 Å². The molecule has 0 saturated heterocycles. The molecule has 0 aliphatic carbocycles. The molecule has 5 heteroatoms. The van der Waals surface area contributed by atoms with Crippen LogP contribution in [0.15, 0.2) is 30.5 Å². The number of imidazole rings is 1. The maximum Gasteiger partial charge on any atom is 0.212 e. The molecular formula is C12H8N4S. The third-order valence-electron chi connectivity index (χ3n) is 2.43. The molecule has 3 rings (SSSR count). The zero-order valence-electron chi connectivity index (χ0n) is 9.08. The number of hydrogen-bond acceptors (Lipinski definition) is 4. The van der Waals surface area contributed by atoms with Gasteiger partial charge in [-0.2, -0.15) is 10.4 Å². The Balaban J connectivity index is 2.13. The van der Waals surface area contributed by atoms with Crippen LogP contribution in [0.5, 0.6) is 0 Å². The number of hydrogen-bond donors (Lipinski definition) is 0. The molecule has 0 N–H and O–H groups in total. The molecule has 17 heavy (non-hydrogen) atoms. The molecule has 0 unspecified atom stereocenters. The van der Waals surface area contributed by atoms with Crippen LogP contribution in [-0.2, 0) is 0 Å². The van der Waals surface area contributed by atoms with Crippen LogP contribution in [0.2, 0.25) is 0 Å². The Hall–Kier alpha value is -2.19. The Morgan fingerprint density at radius 3 is 3.06 bits per heavy atom. The summed E-state index contributed by atoms with van der Waals surface area (Å²) in [5, 5.41) is 14.2. The fourth-order valence-electron chi connectivity index (χ4n) is 1.69. The Labute approximate surface area is 102 Å². The SMILES string of the molecule is Cc1nn2cc(-c3cccc(C#N)c3)nc2s1. The molecule has 0 aliphatic heterocycles. The van der Waals surface area contributed by atoms with E-state index in [0.29, 0.717) is 5.56 Å². The second kappa shape index (κ2) is 3.68. The summed E-state index contributed by atoms with van der Waals surface area (Å²) in [5.74, 6) is 0. The fourth-order valence-corrected chi connectivity index (χ4v) is 2.41. The summed E-state index contributed by atoms with van der Waals surface area (Å²) in [4.78, 5) is 5.36. The van der Waals surface area contributed by atoms with Crippen molar-refractivity contribution in [3.63, 3.8) is 0 Å². The first-order valence-corrected chi connectivity index (χ1v) is 5.91. The van der Waals surface area contributed by atoms with E-state index in [4.69, 9.17) is 5.26 Å². The third kappa shape index (κ3) is 1.69. The highest BCUT2D eigenvalue weighted by Gasteiger charge is 2.07. The van der Waals surface area contributed by atoms with Crippen LogP contribution in [-0.4, -0.2) is 14.6 Å². The van der Waals surface area contributed by atoms with Crippen molar-refractivity contribution in [2.75, 3.05) is 0 Å². The second-order valence-electron chi connectivity index (χ2n) is 3.67. The maximum atomic E-state index is 8.86. The summed E-state index contributed by atoms with van der Waals surface area (Å²) in [5.41, 5.74) is 2.43. The van der Waals surface area contributed by atoms with E-state index in [1.54, 1.807) is 21.9 Å². The van der Waals surface area contributed by atoms with Crippen LogP contribution in [0.1, 0.15) is 10.6 Å². The number of nitrogens with zero attached hydrogens (tertiary/aromatic N) is 4. The molecule has 0 bridgehead atoms. The molecule has 0 fully saturated rings. The Bertz CT molecular complexity index is 701. The molecule has 0 spiro atoms. The molecular weight excluding hydrogens is 232 g/mol. The lowest BCUT2D eigenvalue weighted by Crippen LogP contribution is -1.81. The number of rotatable bonds is 1. The Kier molecular flexibility index (Phi) is 2.16. The summed E-state index contributed by atoms with van der Waals surface area (Å²) in [6.45, 7) is 1.95. The molecule has 82 valence electrons. The van der Waals surface area contributed by atoms with E-state index < -0.39 is 0 Å². The average molecular weight is 240 g/mol. The van der Waals surface area contributed by atoms with Crippen LogP contribution >= 0.6 is 11.3 Å². The van der Waals surface area contributed by atoms with Crippen LogP contribution in [0.4, 0.5) is 0 Å². The predicted octanol–water partition coefficient (Wildman–Crippen LogP) is 2.64. The van der Waals surface area contributed by atoms with E-state index in [2.05, 4.69) is 16.2 Å². The van der Waals surface area contributed by atoms with Crippen molar-refractivity contribution in [3.8, 4) is 17.3 Å². The zero-order chi connectivity index (χ0) is 11.8. The van der Waals surface area contributed by atoms with Crippen molar-refractivity contribution in [3.05, 3.63) is 41.0 Å². The predicted molar refractivity (Wildman–Crippen MR) is 65.8 cm³/mol. The van der Waals surface area contributed by atoms with E-state index in [1.807, 2.05) is 31.3 Å². The molecule has 0 amide bonds. The number of aromatic nitrogens is 3. The van der Waals surface area contributed by atoms with Gasteiger partial charge in [-0.1, -0.05) is 23.5 Å². The molecule has 0 saturated carbocycles. The number of aryl methyl sites for hydroxylation is 1. The first-order chi connectivity index (χ1) is 8.26. The highest BCUT2D eigenvalue weighted by Crippen LogP contribution is 2.22. The van der Waals surface area contributed by atoms with Crippen LogP contribution < -0.4 is 0 Å². The van der Waals surface area contributed by atoms with Crippen molar-refractivity contribution >= 4 is 16.3 Å². The van der Waals surface area contributed by atoms with Crippen molar-refractivity contribution in [1.29, 1.82) is 5.26 Å². The third-order valence-corrected chi connectivity index (χ3v) is 3.27. The molecule has 3 aromatic rings. The smallest absolute Gasteiger partial charge is 0.212 e. The van der Waals surface area contributed by atoms with E-state index >= 15 is 0 Å². The molecule has 0 atom stereocenters. The lowest BCUT2D eigenvalue weighted by molar-refractivity contribution is 0.946. The molecule has 2 aromatic heterocycles. The summed E-state index contributed by atoms with van der Waals surface area (Å²) in [6, 6.07) is 9.55. The first kappa shape index (κ1) is 10.00. The normalized spacial score (nSPS) is 10.6. The Morgan fingerprint density at radius 1 is 1.41 bits per heavy atom. The molecule has 0 aliphatic rings.